The Balaban J connectivity index is 1.85. The molecule has 2 aromatic rings. The number of para-hydroxylation sites is 1. The van der Waals surface area contributed by atoms with E-state index < -0.39 is 0 Å². The lowest BCUT2D eigenvalue weighted by Crippen LogP contribution is -2.24. The third-order valence-electron chi connectivity index (χ3n) is 5.05. The smallest absolute Gasteiger partial charge is 0.0726 e. The first-order valence-corrected chi connectivity index (χ1v) is 8.12. The van der Waals surface area contributed by atoms with Gasteiger partial charge in [-0.3, -0.25) is 4.98 Å². The molecule has 0 spiro atoms. The molecule has 1 aromatic carbocycles. The number of pyridine rings is 1. The number of nitrogens with two attached hydrogens (primary N) is 1. The van der Waals surface area contributed by atoms with E-state index >= 15 is 0 Å². The summed E-state index contributed by atoms with van der Waals surface area (Å²) in [6.07, 6.45) is 8.50. The van der Waals surface area contributed by atoms with Gasteiger partial charge in [0.2, 0.25) is 0 Å². The van der Waals surface area contributed by atoms with Gasteiger partial charge < -0.3 is 5.73 Å². The number of hydrogen-bond donors (Lipinski definition) is 1. The predicted molar refractivity (Wildman–Crippen MR) is 88.3 cm³/mol. The fraction of sp³-hybridized carbons (Fsp3) is 0.421. The number of nitrogens with zero attached hydrogens (tertiary/aromatic N) is 1. The van der Waals surface area contributed by atoms with Crippen LogP contribution in [0.1, 0.15) is 49.8 Å². The second-order valence-corrected chi connectivity index (χ2v) is 6.58. The summed E-state index contributed by atoms with van der Waals surface area (Å²) < 4.78 is 0. The van der Waals surface area contributed by atoms with Gasteiger partial charge in [0.25, 0.3) is 0 Å². The Kier molecular flexibility index (Phi) is 2.99. The molecule has 108 valence electrons. The van der Waals surface area contributed by atoms with E-state index in [4.69, 9.17) is 10.7 Å². The van der Waals surface area contributed by atoms with Gasteiger partial charge in [0, 0.05) is 22.3 Å². The first kappa shape index (κ1) is 12.9. The van der Waals surface area contributed by atoms with E-state index in [0.29, 0.717) is 11.8 Å². The molecule has 2 N–H and O–H groups in total. The third kappa shape index (κ3) is 2.05. The summed E-state index contributed by atoms with van der Waals surface area (Å²) in [6.45, 7) is 2.27. The van der Waals surface area contributed by atoms with Crippen molar-refractivity contribution in [1.82, 2.24) is 4.98 Å². The van der Waals surface area contributed by atoms with Crippen molar-refractivity contribution in [2.45, 2.75) is 44.9 Å². The summed E-state index contributed by atoms with van der Waals surface area (Å²) in [5, 5.41) is 1.13. The lowest BCUT2D eigenvalue weighted by atomic mass is 9.70. The number of aromatic nitrogens is 1. The summed E-state index contributed by atoms with van der Waals surface area (Å²) >= 11 is 0. The van der Waals surface area contributed by atoms with Crippen molar-refractivity contribution in [3.63, 3.8) is 0 Å². The van der Waals surface area contributed by atoms with Gasteiger partial charge in [-0.2, -0.15) is 0 Å². The zero-order valence-electron chi connectivity index (χ0n) is 12.6. The van der Waals surface area contributed by atoms with Crippen LogP contribution in [0, 0.1) is 5.92 Å². The fourth-order valence-corrected chi connectivity index (χ4v) is 4.27. The molecule has 0 saturated heterocycles. The molecule has 0 amide bonds. The van der Waals surface area contributed by atoms with Gasteiger partial charge in [-0.25, -0.2) is 0 Å². The van der Waals surface area contributed by atoms with Crippen LogP contribution in [0.3, 0.4) is 0 Å². The molecule has 0 fully saturated rings. The highest BCUT2D eigenvalue weighted by atomic mass is 14.7. The van der Waals surface area contributed by atoms with Crippen LogP contribution in [0.25, 0.3) is 10.9 Å². The standard InChI is InChI=1S/C19H22N2/c1-2-5-12-8-13-10-14(9-12)18-17(11-13)21-16-7-4-3-6-15(16)19(18)20/h3-4,6-8,13-14H,2,5,9-11H2,1H3,(H2,20,21)/t13-,14+/m1/s1. The molecule has 1 heterocycles. The molecule has 1 aromatic heterocycles. The van der Waals surface area contributed by atoms with E-state index in [1.807, 2.05) is 6.07 Å². The molecule has 2 heteroatoms. The van der Waals surface area contributed by atoms with Crippen molar-refractivity contribution < 1.29 is 0 Å². The monoisotopic (exact) mass is 278 g/mol. The van der Waals surface area contributed by atoms with Crippen molar-refractivity contribution in [2.24, 2.45) is 5.92 Å². The van der Waals surface area contributed by atoms with Gasteiger partial charge >= 0.3 is 0 Å². The van der Waals surface area contributed by atoms with E-state index in [9.17, 15) is 0 Å². The molecule has 2 nitrogen and oxygen atoms in total. The molecule has 2 aliphatic rings. The van der Waals surface area contributed by atoms with Crippen LogP contribution in [0.15, 0.2) is 35.9 Å². The summed E-state index contributed by atoms with van der Waals surface area (Å²) in [5.74, 6) is 1.26. The highest BCUT2D eigenvalue weighted by Crippen LogP contribution is 2.47. The zero-order valence-corrected chi connectivity index (χ0v) is 12.6. The molecule has 0 unspecified atom stereocenters. The summed E-state index contributed by atoms with van der Waals surface area (Å²) in [6, 6.07) is 8.29. The molecule has 2 bridgehead atoms. The molecule has 0 radical (unpaired) electrons. The van der Waals surface area contributed by atoms with E-state index in [1.54, 1.807) is 5.57 Å². The van der Waals surface area contributed by atoms with Crippen LogP contribution in [-0.2, 0) is 6.42 Å². The Bertz CT molecular complexity index is 730. The number of rotatable bonds is 2. The number of nitrogen functional groups attached to an aromatic ring is 1. The van der Waals surface area contributed by atoms with E-state index in [2.05, 4.69) is 31.2 Å². The van der Waals surface area contributed by atoms with E-state index in [0.717, 1.165) is 23.0 Å². The topological polar surface area (TPSA) is 38.9 Å². The van der Waals surface area contributed by atoms with Crippen LogP contribution in [0.5, 0.6) is 0 Å². The number of allylic oxidation sites excluding steroid dienone is 2. The predicted octanol–water partition coefficient (Wildman–Crippen LogP) is 4.59. The normalized spacial score (nSPS) is 23.8. The maximum atomic E-state index is 6.54. The molecular formula is C19H22N2. The van der Waals surface area contributed by atoms with Crippen molar-refractivity contribution in [3.05, 3.63) is 47.2 Å². The second-order valence-electron chi connectivity index (χ2n) is 6.58. The first-order chi connectivity index (χ1) is 10.3. The van der Waals surface area contributed by atoms with Gasteiger partial charge in [-0.05, 0) is 43.6 Å². The Morgan fingerprint density at radius 1 is 1.24 bits per heavy atom. The number of fused-ring (bicyclic) bond motifs is 5. The SMILES string of the molecule is CCCC1=C[C@H]2Cc3nc4ccccc4c(N)c3[C@@H](C1)C2. The maximum absolute atomic E-state index is 6.54. The number of hydrogen-bond acceptors (Lipinski definition) is 2. The molecule has 21 heavy (non-hydrogen) atoms. The average Bonchev–Trinajstić information content (AvgIpc) is 2.47. The van der Waals surface area contributed by atoms with Gasteiger partial charge in [-0.1, -0.05) is 43.2 Å². The Labute approximate surface area is 126 Å². The largest absolute Gasteiger partial charge is 0.398 e. The molecule has 2 aliphatic carbocycles. The van der Waals surface area contributed by atoms with Gasteiger partial charge in [-0.15, -0.1) is 0 Å². The average molecular weight is 278 g/mol. The van der Waals surface area contributed by atoms with E-state index in [1.165, 1.54) is 36.9 Å². The van der Waals surface area contributed by atoms with Crippen LogP contribution in [0.4, 0.5) is 5.69 Å². The molecule has 0 aliphatic heterocycles. The minimum Gasteiger partial charge on any atom is -0.398 e. The van der Waals surface area contributed by atoms with Crippen LogP contribution in [-0.4, -0.2) is 4.98 Å². The minimum atomic E-state index is 0.586. The van der Waals surface area contributed by atoms with Gasteiger partial charge in [0.05, 0.1) is 5.52 Å². The number of anilines is 1. The maximum Gasteiger partial charge on any atom is 0.0726 e. The highest BCUT2D eigenvalue weighted by Gasteiger charge is 2.33. The quantitative estimate of drug-likeness (QED) is 0.816. The Morgan fingerprint density at radius 2 is 2.10 bits per heavy atom. The van der Waals surface area contributed by atoms with Crippen LogP contribution in [0.2, 0.25) is 0 Å². The van der Waals surface area contributed by atoms with Crippen molar-refractivity contribution in [2.75, 3.05) is 5.73 Å². The van der Waals surface area contributed by atoms with Gasteiger partial charge in [0.1, 0.15) is 0 Å². The zero-order chi connectivity index (χ0) is 14.4. The molecule has 4 rings (SSSR count). The highest BCUT2D eigenvalue weighted by molar-refractivity contribution is 5.92. The molecular weight excluding hydrogens is 256 g/mol. The lowest BCUT2D eigenvalue weighted by Gasteiger charge is -2.36. The van der Waals surface area contributed by atoms with Crippen LogP contribution < -0.4 is 5.73 Å². The third-order valence-corrected chi connectivity index (χ3v) is 5.05. The first-order valence-electron chi connectivity index (χ1n) is 8.12. The van der Waals surface area contributed by atoms with Crippen molar-refractivity contribution >= 4 is 16.6 Å². The number of benzene rings is 1. The minimum absolute atomic E-state index is 0.586. The van der Waals surface area contributed by atoms with Crippen molar-refractivity contribution in [1.29, 1.82) is 0 Å². The summed E-state index contributed by atoms with van der Waals surface area (Å²) in [4.78, 5) is 4.92. The Hall–Kier alpha value is -1.83. The second kappa shape index (κ2) is 4.87. The van der Waals surface area contributed by atoms with Crippen molar-refractivity contribution in [3.8, 4) is 0 Å². The summed E-state index contributed by atoms with van der Waals surface area (Å²) in [7, 11) is 0. The lowest BCUT2D eigenvalue weighted by molar-refractivity contribution is 0.427. The Morgan fingerprint density at radius 3 is 2.95 bits per heavy atom. The van der Waals surface area contributed by atoms with Gasteiger partial charge in [0.15, 0.2) is 0 Å². The summed E-state index contributed by atoms with van der Waals surface area (Å²) in [5.41, 5.74) is 12.8. The molecule has 2 atom stereocenters. The fourth-order valence-electron chi connectivity index (χ4n) is 4.27. The molecule has 0 saturated carbocycles. The van der Waals surface area contributed by atoms with E-state index in [-0.39, 0.29) is 0 Å². The van der Waals surface area contributed by atoms with Crippen LogP contribution >= 0.6 is 0 Å².